The molecular weight excluding hydrogens is 263 g/mol. The molecule has 0 atom stereocenters. The molecule has 7 heteroatoms. The van der Waals surface area contributed by atoms with Crippen LogP contribution in [0.5, 0.6) is 0 Å². The number of hydrogen-bond acceptors (Lipinski definition) is 4. The molecular formula is C13H15FN4O2. The first kappa shape index (κ1) is 14.0. The van der Waals surface area contributed by atoms with Gasteiger partial charge < -0.3 is 5.32 Å². The van der Waals surface area contributed by atoms with Gasteiger partial charge in [0.05, 0.1) is 16.7 Å². The molecule has 1 heterocycles. The fraction of sp³-hybridized carbons (Fsp3) is 0.308. The lowest BCUT2D eigenvalue weighted by atomic mass is 10.2. The minimum atomic E-state index is -0.636. The molecule has 1 N–H and O–H groups in total. The second-order valence-corrected chi connectivity index (χ2v) is 4.44. The highest BCUT2D eigenvalue weighted by Gasteiger charge is 2.11. The molecule has 0 aliphatic rings. The van der Waals surface area contributed by atoms with Crippen LogP contribution in [0, 0.1) is 15.9 Å². The van der Waals surface area contributed by atoms with Gasteiger partial charge in [0.2, 0.25) is 0 Å². The van der Waals surface area contributed by atoms with Crippen molar-refractivity contribution in [3.63, 3.8) is 0 Å². The standard InChI is InChI=1S/C13H15FN4O2/c1-3-13-9(8-17(2)16-13)7-15-11-4-10(14)5-12(6-11)18(19)20/h4-6,8,15H,3,7H2,1-2H3. The number of nitro benzene ring substituents is 1. The zero-order chi connectivity index (χ0) is 14.7. The van der Waals surface area contributed by atoms with Gasteiger partial charge in [0.15, 0.2) is 0 Å². The topological polar surface area (TPSA) is 73.0 Å². The monoisotopic (exact) mass is 278 g/mol. The minimum absolute atomic E-state index is 0.269. The Morgan fingerprint density at radius 1 is 1.45 bits per heavy atom. The molecule has 0 amide bonds. The van der Waals surface area contributed by atoms with Crippen LogP contribution in [-0.2, 0) is 20.0 Å². The zero-order valence-corrected chi connectivity index (χ0v) is 11.3. The summed E-state index contributed by atoms with van der Waals surface area (Å²) in [7, 11) is 1.83. The van der Waals surface area contributed by atoms with Gasteiger partial charge in [-0.3, -0.25) is 14.8 Å². The summed E-state index contributed by atoms with van der Waals surface area (Å²) in [5, 5.41) is 18.0. The molecule has 0 unspecified atom stereocenters. The van der Waals surface area contributed by atoms with E-state index in [-0.39, 0.29) is 5.69 Å². The van der Waals surface area contributed by atoms with Crippen LogP contribution < -0.4 is 5.32 Å². The van der Waals surface area contributed by atoms with Crippen LogP contribution in [0.3, 0.4) is 0 Å². The molecule has 106 valence electrons. The number of nitrogens with zero attached hydrogens (tertiary/aromatic N) is 3. The number of halogens is 1. The summed E-state index contributed by atoms with van der Waals surface area (Å²) in [6.07, 6.45) is 2.67. The highest BCUT2D eigenvalue weighted by atomic mass is 19.1. The summed E-state index contributed by atoms with van der Waals surface area (Å²) >= 11 is 0. The molecule has 0 saturated heterocycles. The fourth-order valence-electron chi connectivity index (χ4n) is 2.01. The van der Waals surface area contributed by atoms with Gasteiger partial charge in [-0.15, -0.1) is 0 Å². The van der Waals surface area contributed by atoms with Gasteiger partial charge in [-0.1, -0.05) is 6.92 Å². The molecule has 0 radical (unpaired) electrons. The number of rotatable bonds is 5. The van der Waals surface area contributed by atoms with Gasteiger partial charge in [-0.2, -0.15) is 5.10 Å². The maximum Gasteiger partial charge on any atom is 0.274 e. The number of nitrogens with one attached hydrogen (secondary N) is 1. The fourth-order valence-corrected chi connectivity index (χ4v) is 2.01. The van der Waals surface area contributed by atoms with E-state index in [2.05, 4.69) is 10.4 Å². The highest BCUT2D eigenvalue weighted by Crippen LogP contribution is 2.21. The Bertz CT molecular complexity index is 639. The van der Waals surface area contributed by atoms with Gasteiger partial charge in [-0.25, -0.2) is 4.39 Å². The van der Waals surface area contributed by atoms with E-state index in [1.807, 2.05) is 20.2 Å². The lowest BCUT2D eigenvalue weighted by molar-refractivity contribution is -0.385. The molecule has 0 saturated carbocycles. The zero-order valence-electron chi connectivity index (χ0n) is 11.3. The van der Waals surface area contributed by atoms with Crippen LogP contribution in [0.25, 0.3) is 0 Å². The highest BCUT2D eigenvalue weighted by molar-refractivity contribution is 5.51. The van der Waals surface area contributed by atoms with E-state index in [4.69, 9.17) is 0 Å². The van der Waals surface area contributed by atoms with E-state index in [1.165, 1.54) is 12.1 Å². The Morgan fingerprint density at radius 3 is 2.85 bits per heavy atom. The summed E-state index contributed by atoms with van der Waals surface area (Å²) in [4.78, 5) is 10.1. The summed E-state index contributed by atoms with van der Waals surface area (Å²) < 4.78 is 15.0. The van der Waals surface area contributed by atoms with E-state index in [9.17, 15) is 14.5 Å². The van der Waals surface area contributed by atoms with Crippen LogP contribution in [0.1, 0.15) is 18.2 Å². The average molecular weight is 278 g/mol. The van der Waals surface area contributed by atoms with Crippen LogP contribution in [0.15, 0.2) is 24.4 Å². The Labute approximate surface area is 115 Å². The van der Waals surface area contributed by atoms with Crippen molar-refractivity contribution in [1.82, 2.24) is 9.78 Å². The van der Waals surface area contributed by atoms with Crippen LogP contribution >= 0.6 is 0 Å². The van der Waals surface area contributed by atoms with Gasteiger partial charge in [0, 0.05) is 37.1 Å². The van der Waals surface area contributed by atoms with E-state index in [1.54, 1.807) is 4.68 Å². The van der Waals surface area contributed by atoms with Crippen molar-refractivity contribution < 1.29 is 9.31 Å². The lowest BCUT2D eigenvalue weighted by Gasteiger charge is -2.06. The Balaban J connectivity index is 2.16. The predicted octanol–water partition coefficient (Wildman–Crippen LogP) is 2.64. The van der Waals surface area contributed by atoms with E-state index in [0.717, 1.165) is 23.7 Å². The molecule has 0 aliphatic carbocycles. The molecule has 20 heavy (non-hydrogen) atoms. The van der Waals surface area contributed by atoms with Crippen LogP contribution in [-0.4, -0.2) is 14.7 Å². The lowest BCUT2D eigenvalue weighted by Crippen LogP contribution is -2.02. The van der Waals surface area contributed by atoms with Crippen LogP contribution in [0.2, 0.25) is 0 Å². The van der Waals surface area contributed by atoms with Crippen molar-refractivity contribution in [3.05, 3.63) is 51.6 Å². The summed E-state index contributed by atoms with van der Waals surface area (Å²) in [5.74, 6) is -0.636. The van der Waals surface area contributed by atoms with Gasteiger partial charge in [0.25, 0.3) is 5.69 Å². The molecule has 2 aromatic rings. The van der Waals surface area contributed by atoms with Crippen molar-refractivity contribution in [2.75, 3.05) is 5.32 Å². The quantitative estimate of drug-likeness (QED) is 0.674. The van der Waals surface area contributed by atoms with Gasteiger partial charge in [0.1, 0.15) is 5.82 Å². The largest absolute Gasteiger partial charge is 0.381 e. The molecule has 6 nitrogen and oxygen atoms in total. The summed E-state index contributed by atoms with van der Waals surface area (Å²) in [6.45, 7) is 2.44. The first-order chi connectivity index (χ1) is 9.49. The van der Waals surface area contributed by atoms with E-state index < -0.39 is 10.7 Å². The average Bonchev–Trinajstić information content (AvgIpc) is 2.76. The van der Waals surface area contributed by atoms with E-state index >= 15 is 0 Å². The summed E-state index contributed by atoms with van der Waals surface area (Å²) in [6, 6.07) is 3.44. The maximum atomic E-state index is 13.3. The number of aromatic nitrogens is 2. The normalized spacial score (nSPS) is 10.6. The smallest absolute Gasteiger partial charge is 0.274 e. The van der Waals surface area contributed by atoms with Crippen molar-refractivity contribution in [3.8, 4) is 0 Å². The predicted molar refractivity (Wildman–Crippen MR) is 73.0 cm³/mol. The third-order valence-corrected chi connectivity index (χ3v) is 2.90. The molecule has 1 aromatic carbocycles. The first-order valence-corrected chi connectivity index (χ1v) is 6.20. The number of nitro groups is 1. The van der Waals surface area contributed by atoms with E-state index in [0.29, 0.717) is 12.2 Å². The molecule has 2 rings (SSSR count). The second-order valence-electron chi connectivity index (χ2n) is 4.44. The molecule has 0 aliphatic heterocycles. The molecule has 0 fully saturated rings. The van der Waals surface area contributed by atoms with Gasteiger partial charge >= 0.3 is 0 Å². The second kappa shape index (κ2) is 5.68. The first-order valence-electron chi connectivity index (χ1n) is 6.20. The Morgan fingerprint density at radius 2 is 2.20 bits per heavy atom. The van der Waals surface area contributed by atoms with Crippen LogP contribution in [0.4, 0.5) is 15.8 Å². The van der Waals surface area contributed by atoms with Crippen molar-refractivity contribution in [1.29, 1.82) is 0 Å². The Kier molecular flexibility index (Phi) is 3.97. The van der Waals surface area contributed by atoms with Crippen molar-refractivity contribution in [2.45, 2.75) is 19.9 Å². The maximum absolute atomic E-state index is 13.3. The third-order valence-electron chi connectivity index (χ3n) is 2.90. The number of non-ortho nitro benzene ring substituents is 1. The SMILES string of the molecule is CCc1nn(C)cc1CNc1cc(F)cc([N+](=O)[O-])c1. The number of hydrogen-bond donors (Lipinski definition) is 1. The van der Waals surface area contributed by atoms with Crippen molar-refractivity contribution >= 4 is 11.4 Å². The third kappa shape index (κ3) is 3.11. The molecule has 0 spiro atoms. The van der Waals surface area contributed by atoms with Gasteiger partial charge in [-0.05, 0) is 12.5 Å². The number of anilines is 1. The number of aryl methyl sites for hydroxylation is 2. The summed E-state index contributed by atoms with van der Waals surface area (Å²) in [5.41, 5.74) is 2.05. The number of benzene rings is 1. The molecule has 1 aromatic heterocycles. The van der Waals surface area contributed by atoms with Crippen molar-refractivity contribution in [2.24, 2.45) is 7.05 Å². The minimum Gasteiger partial charge on any atom is -0.381 e. The molecule has 0 bridgehead atoms. The Hall–Kier alpha value is -2.44.